The van der Waals surface area contributed by atoms with Gasteiger partial charge >= 0.3 is 59.3 Å². The van der Waals surface area contributed by atoms with E-state index in [9.17, 15) is 48.3 Å². The first-order valence-electron chi connectivity index (χ1n) is 14.3. The molecule has 3 heterocycles. The van der Waals surface area contributed by atoms with Gasteiger partial charge in [-0.1, -0.05) is 0 Å². The molecule has 0 bridgehead atoms. The molecular weight excluding hydrogens is 686 g/mol. The number of esters is 2. The van der Waals surface area contributed by atoms with Gasteiger partial charge in [-0.2, -0.15) is 0 Å². The summed E-state index contributed by atoms with van der Waals surface area (Å²) in [4.78, 5) is 116. The van der Waals surface area contributed by atoms with E-state index in [1.807, 2.05) is 0 Å². The standard InChI is InChI=1S/C28H31FN6O12S.Na/c1-6-33-7-8-34(22(41)21(33)40)26(45)31-18(14-9-16(46-12(2)37)17(10-15(14)29)47-13(3)38)20(39)32-28(30-11-36)24(44)35-19(23(42)43)27(4,5)48-25(28)35;/h9-11,18-19,25H,6-8H2,1-5H3,(H,30,36)(H,31,45)(H,32,39)(H,42,43);/q;+1/p-1/t18?,19-,25+,28+;/m0./s1. The Balaban J connectivity index is 0.00000650. The second-order valence-electron chi connectivity index (χ2n) is 11.3. The molecule has 21 heteroatoms. The minimum atomic E-state index is -2.31. The smallest absolute Gasteiger partial charge is 0.548 e. The summed E-state index contributed by atoms with van der Waals surface area (Å²) >= 11 is 0.899. The number of thioether (sulfide) groups is 1. The summed E-state index contributed by atoms with van der Waals surface area (Å²) in [6.07, 6.45) is 0.0633. The monoisotopic (exact) mass is 716 g/mol. The summed E-state index contributed by atoms with van der Waals surface area (Å²) < 4.78 is 24.5. The van der Waals surface area contributed by atoms with E-state index in [2.05, 4.69) is 16.0 Å². The summed E-state index contributed by atoms with van der Waals surface area (Å²) in [5.41, 5.74) is -3.05. The van der Waals surface area contributed by atoms with E-state index in [-0.39, 0.29) is 55.6 Å². The zero-order chi connectivity index (χ0) is 35.9. The average Bonchev–Trinajstić information content (AvgIpc) is 3.26. The average molecular weight is 717 g/mol. The maximum Gasteiger partial charge on any atom is 1.00 e. The Morgan fingerprint density at radius 1 is 1.06 bits per heavy atom. The summed E-state index contributed by atoms with van der Waals surface area (Å²) in [7, 11) is 0. The minimum Gasteiger partial charge on any atom is -0.548 e. The number of carbonyl (C=O) groups is 9. The van der Waals surface area contributed by atoms with E-state index in [4.69, 9.17) is 9.47 Å². The zero-order valence-electron chi connectivity index (χ0n) is 27.1. The van der Waals surface area contributed by atoms with Gasteiger partial charge in [0.15, 0.2) is 11.5 Å². The summed E-state index contributed by atoms with van der Waals surface area (Å²) in [6.45, 7) is 6.33. The predicted octanol–water partition coefficient (Wildman–Crippen LogP) is -5.51. The molecule has 0 saturated carbocycles. The molecule has 3 aliphatic rings. The van der Waals surface area contributed by atoms with Gasteiger partial charge in [0, 0.05) is 49.9 Å². The van der Waals surface area contributed by atoms with Crippen molar-refractivity contribution < 1.29 is 91.7 Å². The third-order valence-electron chi connectivity index (χ3n) is 7.72. The molecule has 0 radical (unpaired) electrons. The number of amides is 7. The van der Waals surface area contributed by atoms with Gasteiger partial charge in [0.2, 0.25) is 18.0 Å². The quantitative estimate of drug-likeness (QED) is 0.0390. The van der Waals surface area contributed by atoms with Gasteiger partial charge in [-0.3, -0.25) is 38.5 Å². The van der Waals surface area contributed by atoms with Crippen LogP contribution in [0, 0.1) is 5.82 Å². The number of hydrogen-bond donors (Lipinski definition) is 3. The van der Waals surface area contributed by atoms with Crippen molar-refractivity contribution in [1.29, 1.82) is 0 Å². The van der Waals surface area contributed by atoms with Crippen molar-refractivity contribution in [1.82, 2.24) is 30.7 Å². The maximum absolute atomic E-state index is 15.7. The van der Waals surface area contributed by atoms with Gasteiger partial charge in [0.25, 0.3) is 5.91 Å². The van der Waals surface area contributed by atoms with E-state index in [0.29, 0.717) is 11.0 Å². The van der Waals surface area contributed by atoms with Crippen LogP contribution in [0.15, 0.2) is 12.1 Å². The number of benzene rings is 1. The van der Waals surface area contributed by atoms with Crippen LogP contribution < -0.4 is 60.1 Å². The first-order chi connectivity index (χ1) is 22.4. The number of carboxylic acid groups (broad SMARTS) is 1. The fourth-order valence-corrected chi connectivity index (χ4v) is 7.23. The van der Waals surface area contributed by atoms with Crippen LogP contribution in [0.5, 0.6) is 11.5 Å². The minimum absolute atomic E-state index is 0. The molecule has 0 spiro atoms. The number of β-lactam (4-membered cyclic amide) rings is 1. The largest absolute Gasteiger partial charge is 1.00 e. The molecule has 4 rings (SSSR count). The van der Waals surface area contributed by atoms with E-state index in [1.54, 1.807) is 6.92 Å². The van der Waals surface area contributed by atoms with E-state index in [1.165, 1.54) is 18.7 Å². The SMILES string of the molecule is CCN1CCN(C(=O)NC(C(=O)N[C@]2(NC=O)C(=O)N3[C@@H](C(=O)[O-])C(C)(C)S[C@@H]32)c2cc(OC(C)=O)c(OC(C)=O)cc2F)C(=O)C1=O.[Na+]. The Hall–Kier alpha value is -4.27. The van der Waals surface area contributed by atoms with E-state index in [0.717, 1.165) is 36.6 Å². The number of likely N-dealkylation sites (N-methyl/N-ethyl adjacent to an activating group) is 1. The Labute approximate surface area is 304 Å². The number of ether oxygens (including phenoxy) is 2. The van der Waals surface area contributed by atoms with Crippen LogP contribution in [0.3, 0.4) is 0 Å². The van der Waals surface area contributed by atoms with Crippen LogP contribution in [0.25, 0.3) is 0 Å². The molecule has 3 saturated heterocycles. The molecule has 1 aromatic rings. The number of aliphatic carboxylic acids is 1. The number of carboxylic acids is 1. The van der Waals surface area contributed by atoms with Crippen molar-refractivity contribution >= 4 is 65.7 Å². The first kappa shape index (κ1) is 39.2. The Morgan fingerprint density at radius 3 is 2.18 bits per heavy atom. The topological polar surface area (TPSA) is 241 Å². The molecule has 49 heavy (non-hydrogen) atoms. The van der Waals surface area contributed by atoms with Gasteiger partial charge in [-0.05, 0) is 26.8 Å². The second kappa shape index (κ2) is 14.7. The van der Waals surface area contributed by atoms with Gasteiger partial charge in [0.05, 0.1) is 12.0 Å². The van der Waals surface area contributed by atoms with Crippen molar-refractivity contribution in [2.45, 2.75) is 62.5 Å². The number of halogens is 1. The Kier molecular flexibility index (Phi) is 11.7. The van der Waals surface area contributed by atoms with Crippen LogP contribution >= 0.6 is 11.8 Å². The normalized spacial score (nSPS) is 22.9. The molecule has 0 aromatic heterocycles. The number of fused-ring (bicyclic) bond motifs is 1. The first-order valence-corrected chi connectivity index (χ1v) is 15.1. The molecule has 1 unspecified atom stereocenters. The predicted molar refractivity (Wildman–Crippen MR) is 155 cm³/mol. The second-order valence-corrected chi connectivity index (χ2v) is 13.0. The number of hydrogen-bond acceptors (Lipinski definition) is 13. The van der Waals surface area contributed by atoms with Gasteiger partial charge in [0.1, 0.15) is 17.2 Å². The number of urea groups is 1. The fourth-order valence-electron chi connectivity index (χ4n) is 5.58. The van der Waals surface area contributed by atoms with Crippen molar-refractivity contribution in [3.05, 3.63) is 23.5 Å². The number of carbonyl (C=O) groups excluding carboxylic acids is 9. The van der Waals surface area contributed by atoms with Crippen molar-refractivity contribution in [3.63, 3.8) is 0 Å². The summed E-state index contributed by atoms with van der Waals surface area (Å²) in [5.74, 6) is -10.7. The summed E-state index contributed by atoms with van der Waals surface area (Å²) in [5, 5.41) is 17.3. The van der Waals surface area contributed by atoms with Crippen molar-refractivity contribution in [2.24, 2.45) is 0 Å². The van der Waals surface area contributed by atoms with E-state index < -0.39 is 98.3 Å². The van der Waals surface area contributed by atoms with Crippen molar-refractivity contribution in [2.75, 3.05) is 19.6 Å². The number of nitrogens with zero attached hydrogens (tertiary/aromatic N) is 3. The molecule has 0 aliphatic carbocycles. The van der Waals surface area contributed by atoms with Crippen LogP contribution in [-0.2, 0) is 38.4 Å². The molecule has 1 aromatic carbocycles. The third-order valence-corrected chi connectivity index (χ3v) is 9.36. The molecule has 4 atom stereocenters. The number of piperazine rings is 1. The van der Waals surface area contributed by atoms with E-state index >= 15 is 4.39 Å². The van der Waals surface area contributed by atoms with Crippen LogP contribution in [0.4, 0.5) is 9.18 Å². The molecule has 7 amide bonds. The summed E-state index contributed by atoms with van der Waals surface area (Å²) in [6, 6.07) is -3.68. The van der Waals surface area contributed by atoms with Gasteiger partial charge in [-0.15, -0.1) is 11.8 Å². The maximum atomic E-state index is 15.7. The van der Waals surface area contributed by atoms with Gasteiger partial charge in [-0.25, -0.2) is 9.18 Å². The van der Waals surface area contributed by atoms with Gasteiger partial charge < -0.3 is 45.1 Å². The third kappa shape index (κ3) is 7.22. The van der Waals surface area contributed by atoms with Crippen molar-refractivity contribution in [3.8, 4) is 11.5 Å². The zero-order valence-corrected chi connectivity index (χ0v) is 29.9. The number of nitrogens with one attached hydrogen (secondary N) is 3. The molecule has 18 nitrogen and oxygen atoms in total. The fraction of sp³-hybridized carbons (Fsp3) is 0.464. The Bertz CT molecular complexity index is 1640. The van der Waals surface area contributed by atoms with Crippen LogP contribution in [0.2, 0.25) is 0 Å². The van der Waals surface area contributed by atoms with Crippen LogP contribution in [0.1, 0.15) is 46.2 Å². The number of imide groups is 1. The van der Waals surface area contributed by atoms with Crippen LogP contribution in [-0.4, -0.2) is 110 Å². The molecule has 3 fully saturated rings. The molecule has 258 valence electrons. The molecule has 3 N–H and O–H groups in total. The Morgan fingerprint density at radius 2 is 1.65 bits per heavy atom. The molecule has 3 aliphatic heterocycles. The number of rotatable bonds is 10. The molecular formula is C28H30FN6NaO12S.